The van der Waals surface area contributed by atoms with Crippen molar-refractivity contribution < 1.29 is 9.18 Å². The van der Waals surface area contributed by atoms with Gasteiger partial charge in [0.1, 0.15) is 5.82 Å². The highest BCUT2D eigenvalue weighted by Crippen LogP contribution is 2.17. The molecular formula is C16H23FN2O. The Morgan fingerprint density at radius 2 is 2.10 bits per heavy atom. The fraction of sp³-hybridized carbons (Fsp3) is 0.562. The van der Waals surface area contributed by atoms with Crippen molar-refractivity contribution in [3.8, 4) is 0 Å². The molecule has 110 valence electrons. The summed E-state index contributed by atoms with van der Waals surface area (Å²) in [5.74, 6) is -0.261. The monoisotopic (exact) mass is 278 g/mol. The second kappa shape index (κ2) is 6.46. The molecule has 0 radical (unpaired) electrons. The summed E-state index contributed by atoms with van der Waals surface area (Å²) in [6.07, 6.45) is 2.42. The Hall–Kier alpha value is -1.26. The van der Waals surface area contributed by atoms with Crippen LogP contribution in [0, 0.1) is 5.82 Å². The van der Waals surface area contributed by atoms with Crippen LogP contribution in [0.3, 0.4) is 0 Å². The van der Waals surface area contributed by atoms with E-state index in [-0.39, 0.29) is 17.6 Å². The molecule has 20 heavy (non-hydrogen) atoms. The summed E-state index contributed by atoms with van der Waals surface area (Å²) in [6.45, 7) is 3.95. The molecule has 0 bridgehead atoms. The summed E-state index contributed by atoms with van der Waals surface area (Å²) in [7, 11) is 4.12. The number of hydrogen-bond acceptors (Lipinski definition) is 3. The molecular weight excluding hydrogens is 255 g/mol. The van der Waals surface area contributed by atoms with Crippen molar-refractivity contribution in [3.05, 3.63) is 35.6 Å². The van der Waals surface area contributed by atoms with Gasteiger partial charge < -0.3 is 4.90 Å². The third-order valence-electron chi connectivity index (χ3n) is 4.34. The molecule has 1 fully saturated rings. The number of carbonyl (C=O) groups excluding carboxylic acids is 1. The van der Waals surface area contributed by atoms with Crippen molar-refractivity contribution in [3.63, 3.8) is 0 Å². The Kier molecular flexibility index (Phi) is 4.89. The second-order valence-corrected chi connectivity index (χ2v) is 5.76. The van der Waals surface area contributed by atoms with Gasteiger partial charge in [-0.05, 0) is 64.7 Å². The normalized spacial score (nSPS) is 21.4. The van der Waals surface area contributed by atoms with Crippen LogP contribution in [-0.4, -0.2) is 54.9 Å². The van der Waals surface area contributed by atoms with Crippen molar-refractivity contribution in [1.29, 1.82) is 0 Å². The van der Waals surface area contributed by atoms with E-state index in [1.807, 2.05) is 14.0 Å². The predicted molar refractivity (Wildman–Crippen MR) is 78.5 cm³/mol. The molecule has 1 heterocycles. The first kappa shape index (κ1) is 15.1. The van der Waals surface area contributed by atoms with E-state index in [2.05, 4.69) is 16.8 Å². The molecule has 0 saturated carbocycles. The van der Waals surface area contributed by atoms with Gasteiger partial charge in [-0.3, -0.25) is 9.69 Å². The fourth-order valence-electron chi connectivity index (χ4n) is 2.76. The predicted octanol–water partition coefficient (Wildman–Crippen LogP) is 2.42. The molecule has 3 nitrogen and oxygen atoms in total. The smallest absolute Gasteiger partial charge is 0.179 e. The minimum atomic E-state index is -0.310. The molecule has 1 aromatic carbocycles. The van der Waals surface area contributed by atoms with Gasteiger partial charge in [-0.15, -0.1) is 0 Å². The van der Waals surface area contributed by atoms with E-state index in [0.717, 1.165) is 13.1 Å². The van der Waals surface area contributed by atoms with Gasteiger partial charge in [0.15, 0.2) is 5.78 Å². The Morgan fingerprint density at radius 3 is 2.65 bits per heavy atom. The number of likely N-dealkylation sites (tertiary alicyclic amines) is 1. The minimum absolute atomic E-state index is 0.0492. The van der Waals surface area contributed by atoms with E-state index in [0.29, 0.717) is 11.6 Å². The summed E-state index contributed by atoms with van der Waals surface area (Å²) in [4.78, 5) is 16.8. The molecule has 2 unspecified atom stereocenters. The second-order valence-electron chi connectivity index (χ2n) is 5.76. The third-order valence-corrected chi connectivity index (χ3v) is 4.34. The maximum atomic E-state index is 12.9. The standard InChI is InChI=1S/C16H23FN2O/c1-12(16(20)13-6-8-14(17)9-7-13)19(3)11-15-5-4-10-18(15)2/h6-9,12,15H,4-5,10-11H2,1-3H3. The van der Waals surface area contributed by atoms with Gasteiger partial charge in [0, 0.05) is 18.2 Å². The van der Waals surface area contributed by atoms with Crippen molar-refractivity contribution in [1.82, 2.24) is 9.80 Å². The van der Waals surface area contributed by atoms with Crippen molar-refractivity contribution in [2.75, 3.05) is 27.2 Å². The van der Waals surface area contributed by atoms with Crippen LogP contribution in [0.1, 0.15) is 30.1 Å². The molecule has 2 rings (SSSR count). The summed E-state index contributed by atoms with van der Waals surface area (Å²) >= 11 is 0. The number of carbonyl (C=O) groups is 1. The largest absolute Gasteiger partial charge is 0.302 e. The zero-order chi connectivity index (χ0) is 14.7. The number of benzene rings is 1. The minimum Gasteiger partial charge on any atom is -0.302 e. The summed E-state index contributed by atoms with van der Waals surface area (Å²) < 4.78 is 12.9. The molecule has 4 heteroatoms. The number of nitrogens with zero attached hydrogens (tertiary/aromatic N) is 2. The molecule has 0 N–H and O–H groups in total. The highest BCUT2D eigenvalue weighted by molar-refractivity contribution is 5.99. The molecule has 2 atom stereocenters. The number of hydrogen-bond donors (Lipinski definition) is 0. The molecule has 1 saturated heterocycles. The van der Waals surface area contributed by atoms with E-state index in [1.165, 1.54) is 25.0 Å². The van der Waals surface area contributed by atoms with Crippen LogP contribution in [0.4, 0.5) is 4.39 Å². The van der Waals surface area contributed by atoms with Crippen molar-refractivity contribution in [2.45, 2.75) is 31.8 Å². The zero-order valence-electron chi connectivity index (χ0n) is 12.5. The van der Waals surface area contributed by atoms with Crippen LogP contribution < -0.4 is 0 Å². The first-order valence-corrected chi connectivity index (χ1v) is 7.19. The van der Waals surface area contributed by atoms with E-state index >= 15 is 0 Å². The zero-order valence-corrected chi connectivity index (χ0v) is 12.5. The highest BCUT2D eigenvalue weighted by atomic mass is 19.1. The lowest BCUT2D eigenvalue weighted by Crippen LogP contribution is -2.43. The van der Waals surface area contributed by atoms with E-state index in [1.54, 1.807) is 12.1 Å². The quantitative estimate of drug-likeness (QED) is 0.773. The van der Waals surface area contributed by atoms with Gasteiger partial charge in [0.05, 0.1) is 6.04 Å². The van der Waals surface area contributed by atoms with Gasteiger partial charge in [-0.2, -0.15) is 0 Å². The molecule has 0 aliphatic carbocycles. The van der Waals surface area contributed by atoms with E-state index in [9.17, 15) is 9.18 Å². The van der Waals surface area contributed by atoms with Crippen LogP contribution >= 0.6 is 0 Å². The number of Topliss-reactive ketones (excluding diaryl/α,β-unsaturated/α-hetero) is 1. The van der Waals surface area contributed by atoms with E-state index in [4.69, 9.17) is 0 Å². The maximum absolute atomic E-state index is 12.9. The van der Waals surface area contributed by atoms with Gasteiger partial charge in [-0.25, -0.2) is 4.39 Å². The lowest BCUT2D eigenvalue weighted by atomic mass is 10.0. The molecule has 0 amide bonds. The fourth-order valence-corrected chi connectivity index (χ4v) is 2.76. The number of halogens is 1. The van der Waals surface area contributed by atoms with Crippen LogP contribution in [-0.2, 0) is 0 Å². The molecule has 1 aliphatic rings. The van der Waals surface area contributed by atoms with Crippen LogP contribution in [0.5, 0.6) is 0 Å². The van der Waals surface area contributed by atoms with Crippen LogP contribution in [0.15, 0.2) is 24.3 Å². The van der Waals surface area contributed by atoms with Gasteiger partial charge in [0.2, 0.25) is 0 Å². The number of rotatable bonds is 5. The third kappa shape index (κ3) is 3.44. The van der Waals surface area contributed by atoms with Crippen molar-refractivity contribution >= 4 is 5.78 Å². The molecule has 0 aromatic heterocycles. The Morgan fingerprint density at radius 1 is 1.45 bits per heavy atom. The van der Waals surface area contributed by atoms with Crippen molar-refractivity contribution in [2.24, 2.45) is 0 Å². The van der Waals surface area contributed by atoms with E-state index < -0.39 is 0 Å². The Labute approximate surface area is 120 Å². The lowest BCUT2D eigenvalue weighted by Gasteiger charge is -2.29. The van der Waals surface area contributed by atoms with Gasteiger partial charge in [-0.1, -0.05) is 0 Å². The molecule has 1 aromatic rings. The first-order valence-electron chi connectivity index (χ1n) is 7.19. The molecule has 0 spiro atoms. The maximum Gasteiger partial charge on any atom is 0.179 e. The summed E-state index contributed by atoms with van der Waals surface area (Å²) in [5, 5.41) is 0. The first-order chi connectivity index (χ1) is 9.49. The van der Waals surface area contributed by atoms with Gasteiger partial charge >= 0.3 is 0 Å². The summed E-state index contributed by atoms with van der Waals surface area (Å²) in [5.41, 5.74) is 0.575. The van der Waals surface area contributed by atoms with Crippen LogP contribution in [0.25, 0.3) is 0 Å². The molecule has 1 aliphatic heterocycles. The Bertz CT molecular complexity index is 460. The van der Waals surface area contributed by atoms with Gasteiger partial charge in [0.25, 0.3) is 0 Å². The summed E-state index contributed by atoms with van der Waals surface area (Å²) in [6, 6.07) is 6.14. The SMILES string of the molecule is CC(C(=O)c1ccc(F)cc1)N(C)CC1CCCN1C. The highest BCUT2D eigenvalue weighted by Gasteiger charge is 2.26. The Balaban J connectivity index is 1.97. The van der Waals surface area contributed by atoms with Crippen LogP contribution in [0.2, 0.25) is 0 Å². The average Bonchev–Trinajstić information content (AvgIpc) is 2.83. The number of likely N-dealkylation sites (N-methyl/N-ethyl adjacent to an activating group) is 2. The average molecular weight is 278 g/mol. The lowest BCUT2D eigenvalue weighted by molar-refractivity contribution is 0.0842. The number of ketones is 1. The topological polar surface area (TPSA) is 23.6 Å².